The molecule has 0 aromatic rings. The largest absolute Gasteiger partial charge is 0.462 e. The van der Waals surface area contributed by atoms with Crippen molar-refractivity contribution < 1.29 is 62.2 Å². The number of cyclic esters (lactones) is 1. The molecule has 14 heteroatoms. The summed E-state index contributed by atoms with van der Waals surface area (Å²) in [7, 11) is 4.77. The van der Waals surface area contributed by atoms with Crippen molar-refractivity contribution >= 4 is 30.2 Å². The lowest BCUT2D eigenvalue weighted by Gasteiger charge is -2.47. The second-order valence-corrected chi connectivity index (χ2v) is 12.7. The molecule has 272 valence electrons. The topological polar surface area (TPSA) is 173 Å². The molecule has 1 N–H and O–H groups in total. The third kappa shape index (κ3) is 12.4. The molecule has 2 rings (SSSR count). The number of hydrogen-bond acceptors (Lipinski definition) is 14. The molecule has 2 aliphatic heterocycles. The number of rotatable bonds is 9. The van der Waals surface area contributed by atoms with E-state index in [-0.39, 0.29) is 18.8 Å². The van der Waals surface area contributed by atoms with Crippen LogP contribution in [0.3, 0.4) is 0 Å². The molecule has 48 heavy (non-hydrogen) atoms. The lowest BCUT2D eigenvalue weighted by molar-refractivity contribution is -0.312. The summed E-state index contributed by atoms with van der Waals surface area (Å²) in [4.78, 5) is 63.8. The quantitative estimate of drug-likeness (QED) is 0.213. The van der Waals surface area contributed by atoms with E-state index in [4.69, 9.17) is 33.2 Å². The molecule has 1 fully saturated rings. The smallest absolute Gasteiger partial charge is 0.309 e. The summed E-state index contributed by atoms with van der Waals surface area (Å²) in [6.45, 7) is 8.92. The summed E-state index contributed by atoms with van der Waals surface area (Å²) >= 11 is 0. The van der Waals surface area contributed by atoms with Crippen molar-refractivity contribution in [2.75, 3.05) is 21.2 Å². The van der Waals surface area contributed by atoms with Crippen molar-refractivity contribution in [3.63, 3.8) is 0 Å². The highest BCUT2D eigenvalue weighted by molar-refractivity contribution is 5.72. The molecule has 2 heterocycles. The number of aliphatic hydroxyl groups is 1. The average molecular weight is 684 g/mol. The van der Waals surface area contributed by atoms with Crippen LogP contribution < -0.4 is 0 Å². The molecule has 14 nitrogen and oxygen atoms in total. The van der Waals surface area contributed by atoms with Crippen molar-refractivity contribution in [3.8, 4) is 0 Å². The summed E-state index contributed by atoms with van der Waals surface area (Å²) in [6, 6.07) is -0.759. The molecule has 0 saturated carbocycles. The predicted molar refractivity (Wildman–Crippen MR) is 171 cm³/mol. The van der Waals surface area contributed by atoms with Crippen molar-refractivity contribution in [3.05, 3.63) is 24.3 Å². The average Bonchev–Trinajstić information content (AvgIpc) is 2.96. The molecular formula is C34H53NO13. The van der Waals surface area contributed by atoms with E-state index >= 15 is 0 Å². The van der Waals surface area contributed by atoms with Gasteiger partial charge < -0.3 is 48.0 Å². The van der Waals surface area contributed by atoms with E-state index in [1.807, 2.05) is 6.92 Å². The first kappa shape index (κ1) is 41.0. The molecule has 0 bridgehead atoms. The van der Waals surface area contributed by atoms with E-state index in [1.165, 1.54) is 27.9 Å². The van der Waals surface area contributed by atoms with Crippen LogP contribution in [0.2, 0.25) is 0 Å². The van der Waals surface area contributed by atoms with Crippen LogP contribution in [0.4, 0.5) is 0 Å². The normalized spacial score (nSPS) is 36.7. The van der Waals surface area contributed by atoms with Crippen LogP contribution in [0.15, 0.2) is 24.3 Å². The van der Waals surface area contributed by atoms with E-state index in [0.29, 0.717) is 12.7 Å². The zero-order valence-electron chi connectivity index (χ0n) is 29.4. The maximum absolute atomic E-state index is 13.1. The number of hydrogen-bond donors (Lipinski definition) is 1. The molecule has 0 aliphatic carbocycles. The number of methoxy groups -OCH3 is 1. The maximum Gasteiger partial charge on any atom is 0.309 e. The standard InChI is InChI=1S/C34H53NO13/c1-19-17-25(15-16-36)31(48-34-33(47-24(6)39)29(35(7)8)30(41)21(3)44-34)32(42-9)27(46-23(5)38)18-28(40)43-20(2)13-11-10-12-14-26(19)45-22(4)37/h10-12,14,16,19-21,25-27,29-34,41H,13,15,17-18H2,1-9H3/b11-10+,14-12+/t19-,20-,21-,25+,26+,27-,29+,30-,31+,32+,33-,34+/m1/s1. The second-order valence-electron chi connectivity index (χ2n) is 12.7. The lowest BCUT2D eigenvalue weighted by atomic mass is 9.82. The Kier molecular flexibility index (Phi) is 16.9. The van der Waals surface area contributed by atoms with Gasteiger partial charge in [0.15, 0.2) is 12.4 Å². The predicted octanol–water partition coefficient (Wildman–Crippen LogP) is 2.29. The first-order valence-corrected chi connectivity index (χ1v) is 16.3. The Bertz CT molecular complexity index is 1140. The van der Waals surface area contributed by atoms with E-state index in [2.05, 4.69) is 0 Å². The van der Waals surface area contributed by atoms with E-state index in [0.717, 1.165) is 0 Å². The van der Waals surface area contributed by atoms with Gasteiger partial charge in [0.2, 0.25) is 0 Å². The number of nitrogens with zero attached hydrogens (tertiary/aromatic N) is 1. The fourth-order valence-electron chi connectivity index (χ4n) is 6.22. The molecule has 0 radical (unpaired) electrons. The van der Waals surface area contributed by atoms with Gasteiger partial charge in [0.25, 0.3) is 0 Å². The number of likely N-dealkylation sites (N-methyl/N-ethyl adjacent to an activating group) is 1. The molecule has 0 amide bonds. The molecular weight excluding hydrogens is 630 g/mol. The first-order valence-electron chi connectivity index (χ1n) is 16.3. The van der Waals surface area contributed by atoms with E-state index in [9.17, 15) is 29.1 Å². The summed E-state index contributed by atoms with van der Waals surface area (Å²) in [5, 5.41) is 11.0. The van der Waals surface area contributed by atoms with Crippen molar-refractivity contribution in [2.45, 2.75) is 128 Å². The third-order valence-corrected chi connectivity index (χ3v) is 8.37. The number of esters is 4. The lowest BCUT2D eigenvalue weighted by Crippen LogP contribution is -2.64. The maximum atomic E-state index is 13.1. The van der Waals surface area contributed by atoms with Crippen LogP contribution in [0, 0.1) is 11.8 Å². The minimum Gasteiger partial charge on any atom is -0.462 e. The summed E-state index contributed by atoms with van der Waals surface area (Å²) < 4.78 is 41.2. The van der Waals surface area contributed by atoms with Crippen LogP contribution in [0.25, 0.3) is 0 Å². The number of carbonyl (C=O) groups excluding carboxylic acids is 5. The number of carbonyl (C=O) groups is 5. The van der Waals surface area contributed by atoms with Gasteiger partial charge in [-0.15, -0.1) is 0 Å². The molecule has 0 aromatic carbocycles. The van der Waals surface area contributed by atoms with Gasteiger partial charge in [-0.2, -0.15) is 0 Å². The van der Waals surface area contributed by atoms with Crippen LogP contribution in [-0.2, 0) is 57.1 Å². The fourth-order valence-corrected chi connectivity index (χ4v) is 6.22. The highest BCUT2D eigenvalue weighted by Crippen LogP contribution is 2.35. The minimum atomic E-state index is -1.29. The number of aliphatic hydroxyl groups excluding tert-OH is 1. The van der Waals surface area contributed by atoms with Crippen LogP contribution in [-0.4, -0.2) is 123 Å². The third-order valence-electron chi connectivity index (χ3n) is 8.37. The number of aldehydes is 1. The molecule has 2 aliphatic rings. The molecule has 0 aromatic heterocycles. The summed E-state index contributed by atoms with van der Waals surface area (Å²) in [6.07, 6.45) is -1.21. The first-order chi connectivity index (χ1) is 22.6. The van der Waals surface area contributed by atoms with Crippen LogP contribution >= 0.6 is 0 Å². The summed E-state index contributed by atoms with van der Waals surface area (Å²) in [5.74, 6) is -3.57. The second kappa shape index (κ2) is 19.7. The molecule has 0 spiro atoms. The molecule has 12 atom stereocenters. The van der Waals surface area contributed by atoms with E-state index < -0.39 is 97.4 Å². The number of ether oxygens (including phenoxy) is 7. The Labute approximate surface area is 283 Å². The van der Waals surface area contributed by atoms with Gasteiger partial charge in [-0.3, -0.25) is 19.2 Å². The Morgan fingerprint density at radius 1 is 0.979 bits per heavy atom. The van der Waals surface area contributed by atoms with Crippen molar-refractivity contribution in [2.24, 2.45) is 11.8 Å². The minimum absolute atomic E-state index is 0.0835. The van der Waals surface area contributed by atoms with Gasteiger partial charge in [-0.1, -0.05) is 25.2 Å². The Morgan fingerprint density at radius 2 is 1.62 bits per heavy atom. The highest BCUT2D eigenvalue weighted by atomic mass is 16.7. The zero-order valence-corrected chi connectivity index (χ0v) is 29.4. The van der Waals surface area contributed by atoms with Gasteiger partial charge in [-0.05, 0) is 52.3 Å². The van der Waals surface area contributed by atoms with E-state index in [1.54, 1.807) is 57.1 Å². The summed E-state index contributed by atoms with van der Waals surface area (Å²) in [5.41, 5.74) is 0. The van der Waals surface area contributed by atoms with Gasteiger partial charge in [0.1, 0.15) is 30.7 Å². The van der Waals surface area contributed by atoms with Crippen LogP contribution in [0.1, 0.15) is 67.2 Å². The Morgan fingerprint density at radius 3 is 2.19 bits per heavy atom. The fraction of sp³-hybridized carbons (Fsp3) is 0.735. The van der Waals surface area contributed by atoms with Gasteiger partial charge in [0, 0.05) is 40.7 Å². The van der Waals surface area contributed by atoms with Gasteiger partial charge >= 0.3 is 23.9 Å². The molecule has 0 unspecified atom stereocenters. The highest BCUT2D eigenvalue weighted by Gasteiger charge is 2.50. The number of allylic oxidation sites excluding steroid dienone is 2. The van der Waals surface area contributed by atoms with Crippen molar-refractivity contribution in [1.29, 1.82) is 0 Å². The Hall–Kier alpha value is -3.17. The monoisotopic (exact) mass is 683 g/mol. The van der Waals surface area contributed by atoms with Crippen molar-refractivity contribution in [1.82, 2.24) is 4.90 Å². The molecule has 1 saturated heterocycles. The van der Waals surface area contributed by atoms with Crippen LogP contribution in [0.5, 0.6) is 0 Å². The zero-order chi connectivity index (χ0) is 36.1. The van der Waals surface area contributed by atoms with Gasteiger partial charge in [0.05, 0.1) is 30.8 Å². The Balaban J connectivity index is 2.76. The van der Waals surface area contributed by atoms with Gasteiger partial charge in [-0.25, -0.2) is 0 Å². The SMILES string of the molecule is CO[C@@H]1[C@@H](O[C@@H]2O[C@H](C)[C@@H](O)[C@H](N(C)C)[C@H]2OC(C)=O)[C@@H](CC=O)C[C@@H](C)[C@@H](OC(C)=O)/C=C/C=C/C[C@@H](C)OC(=O)C[C@H]1OC(C)=O.